The maximum absolute atomic E-state index is 11.8. The van der Waals surface area contributed by atoms with Gasteiger partial charge >= 0.3 is 5.97 Å². The van der Waals surface area contributed by atoms with E-state index in [2.05, 4.69) is 26.0 Å². The van der Waals surface area contributed by atoms with Crippen molar-refractivity contribution in [2.45, 2.75) is 44.8 Å². The number of carboxylic acid groups (broad SMARTS) is 1. The van der Waals surface area contributed by atoms with E-state index >= 15 is 0 Å². The molecule has 0 saturated carbocycles. The van der Waals surface area contributed by atoms with Crippen LogP contribution in [0.5, 0.6) is 0 Å². The molecule has 104 valence electrons. The predicted octanol–water partition coefficient (Wildman–Crippen LogP) is 3.78. The fraction of sp³-hybridized carbons (Fsp3) is 0.562. The maximum Gasteiger partial charge on any atom is 0.310 e. The number of rotatable bonds is 5. The van der Waals surface area contributed by atoms with Crippen LogP contribution >= 0.6 is 11.8 Å². The van der Waals surface area contributed by atoms with E-state index in [0.717, 1.165) is 25.0 Å². The van der Waals surface area contributed by atoms with Gasteiger partial charge in [-0.25, -0.2) is 0 Å². The normalized spacial score (nSPS) is 22.3. The molecule has 1 atom stereocenters. The van der Waals surface area contributed by atoms with Gasteiger partial charge in [0, 0.05) is 0 Å². The van der Waals surface area contributed by atoms with Crippen LogP contribution < -0.4 is 0 Å². The summed E-state index contributed by atoms with van der Waals surface area (Å²) in [5.74, 6) is 0.318. The Balaban J connectivity index is 2.12. The SMILES string of the molecule is CC(C)SCCC1(C(=O)O)CCc2ccccc2C1. The largest absolute Gasteiger partial charge is 0.481 e. The lowest BCUT2D eigenvalue weighted by atomic mass is 9.70. The summed E-state index contributed by atoms with van der Waals surface area (Å²) in [5, 5.41) is 10.2. The molecular weight excluding hydrogens is 256 g/mol. The van der Waals surface area contributed by atoms with E-state index in [-0.39, 0.29) is 0 Å². The molecular formula is C16H22O2S. The number of hydrogen-bond donors (Lipinski definition) is 1. The molecule has 1 aromatic carbocycles. The van der Waals surface area contributed by atoms with E-state index in [9.17, 15) is 9.90 Å². The number of aliphatic carboxylic acids is 1. The van der Waals surface area contributed by atoms with Crippen molar-refractivity contribution in [1.82, 2.24) is 0 Å². The van der Waals surface area contributed by atoms with Crippen LogP contribution in [0.1, 0.15) is 37.8 Å². The Morgan fingerprint density at radius 1 is 1.37 bits per heavy atom. The topological polar surface area (TPSA) is 37.3 Å². The zero-order valence-corrected chi connectivity index (χ0v) is 12.5. The van der Waals surface area contributed by atoms with Gasteiger partial charge in [0.15, 0.2) is 0 Å². The molecule has 19 heavy (non-hydrogen) atoms. The third-order valence-electron chi connectivity index (χ3n) is 4.01. The van der Waals surface area contributed by atoms with E-state index in [0.29, 0.717) is 11.7 Å². The van der Waals surface area contributed by atoms with Gasteiger partial charge in [-0.2, -0.15) is 11.8 Å². The second-order valence-corrected chi connectivity index (χ2v) is 7.38. The summed E-state index contributed by atoms with van der Waals surface area (Å²) < 4.78 is 0. The van der Waals surface area contributed by atoms with Crippen LogP contribution in [0.2, 0.25) is 0 Å². The van der Waals surface area contributed by atoms with Crippen molar-refractivity contribution in [3.8, 4) is 0 Å². The molecule has 1 aromatic rings. The average Bonchev–Trinajstić information content (AvgIpc) is 2.38. The molecule has 0 bridgehead atoms. The van der Waals surface area contributed by atoms with Gasteiger partial charge in [0.2, 0.25) is 0 Å². The van der Waals surface area contributed by atoms with Crippen LogP contribution in [-0.4, -0.2) is 22.1 Å². The molecule has 0 fully saturated rings. The van der Waals surface area contributed by atoms with Gasteiger partial charge in [0.1, 0.15) is 0 Å². The molecule has 0 spiro atoms. The van der Waals surface area contributed by atoms with E-state index < -0.39 is 11.4 Å². The molecule has 1 unspecified atom stereocenters. The smallest absolute Gasteiger partial charge is 0.310 e. The molecule has 1 aliphatic rings. The van der Waals surface area contributed by atoms with Gasteiger partial charge < -0.3 is 5.11 Å². The van der Waals surface area contributed by atoms with Crippen molar-refractivity contribution < 1.29 is 9.90 Å². The minimum Gasteiger partial charge on any atom is -0.481 e. The second-order valence-electron chi connectivity index (χ2n) is 5.70. The van der Waals surface area contributed by atoms with Crippen molar-refractivity contribution in [3.63, 3.8) is 0 Å². The molecule has 0 heterocycles. The van der Waals surface area contributed by atoms with Gasteiger partial charge in [-0.05, 0) is 47.8 Å². The summed E-state index contributed by atoms with van der Waals surface area (Å²) >= 11 is 1.86. The monoisotopic (exact) mass is 278 g/mol. The van der Waals surface area contributed by atoms with E-state index in [1.165, 1.54) is 11.1 Å². The number of thioether (sulfide) groups is 1. The first-order valence-electron chi connectivity index (χ1n) is 6.95. The molecule has 1 aliphatic carbocycles. The second kappa shape index (κ2) is 6.00. The lowest BCUT2D eigenvalue weighted by Crippen LogP contribution is -2.37. The van der Waals surface area contributed by atoms with Crippen molar-refractivity contribution in [2.24, 2.45) is 5.41 Å². The first-order chi connectivity index (χ1) is 9.03. The lowest BCUT2D eigenvalue weighted by Gasteiger charge is -2.34. The number of benzene rings is 1. The Morgan fingerprint density at radius 2 is 2.05 bits per heavy atom. The van der Waals surface area contributed by atoms with Crippen molar-refractivity contribution in [2.75, 3.05) is 5.75 Å². The fourth-order valence-corrected chi connectivity index (χ4v) is 3.77. The van der Waals surface area contributed by atoms with Gasteiger partial charge in [-0.1, -0.05) is 38.1 Å². The Morgan fingerprint density at radius 3 is 2.68 bits per heavy atom. The highest BCUT2D eigenvalue weighted by Gasteiger charge is 2.40. The highest BCUT2D eigenvalue weighted by atomic mass is 32.2. The summed E-state index contributed by atoms with van der Waals surface area (Å²) in [6, 6.07) is 8.27. The molecule has 2 nitrogen and oxygen atoms in total. The van der Waals surface area contributed by atoms with Gasteiger partial charge in [-0.15, -0.1) is 0 Å². The number of carbonyl (C=O) groups is 1. The summed E-state index contributed by atoms with van der Waals surface area (Å²) in [7, 11) is 0. The lowest BCUT2D eigenvalue weighted by molar-refractivity contribution is -0.149. The first-order valence-corrected chi connectivity index (χ1v) is 8.00. The fourth-order valence-electron chi connectivity index (χ4n) is 2.79. The van der Waals surface area contributed by atoms with Gasteiger partial charge in [0.25, 0.3) is 0 Å². The molecule has 2 rings (SSSR count). The van der Waals surface area contributed by atoms with E-state index in [1.54, 1.807) is 0 Å². The number of fused-ring (bicyclic) bond motifs is 1. The standard InChI is InChI=1S/C16H22O2S/c1-12(2)19-10-9-16(15(17)18)8-7-13-5-3-4-6-14(13)11-16/h3-6,12H,7-11H2,1-2H3,(H,17,18). The number of hydrogen-bond acceptors (Lipinski definition) is 2. The summed E-state index contributed by atoms with van der Waals surface area (Å²) in [5.41, 5.74) is 2.01. The first kappa shape index (κ1) is 14.4. The number of aryl methyl sites for hydroxylation is 1. The summed E-state index contributed by atoms with van der Waals surface area (Å²) in [6.07, 6.45) is 3.14. The average molecular weight is 278 g/mol. The summed E-state index contributed by atoms with van der Waals surface area (Å²) in [4.78, 5) is 11.8. The van der Waals surface area contributed by atoms with Gasteiger partial charge in [-0.3, -0.25) is 4.79 Å². The van der Waals surface area contributed by atoms with Crippen LogP contribution in [0.4, 0.5) is 0 Å². The minimum atomic E-state index is -0.619. The van der Waals surface area contributed by atoms with Crippen molar-refractivity contribution in [3.05, 3.63) is 35.4 Å². The molecule has 0 radical (unpaired) electrons. The van der Waals surface area contributed by atoms with Crippen LogP contribution in [0.15, 0.2) is 24.3 Å². The molecule has 0 saturated heterocycles. The Hall–Kier alpha value is -0.960. The zero-order valence-electron chi connectivity index (χ0n) is 11.7. The van der Waals surface area contributed by atoms with Crippen molar-refractivity contribution >= 4 is 17.7 Å². The Bertz CT molecular complexity index is 456. The predicted molar refractivity (Wildman–Crippen MR) is 80.7 cm³/mol. The molecule has 1 N–H and O–H groups in total. The van der Waals surface area contributed by atoms with E-state index in [1.807, 2.05) is 23.9 Å². The molecule has 3 heteroatoms. The molecule has 0 aliphatic heterocycles. The molecule has 0 amide bonds. The minimum absolute atomic E-state index is 0.545. The van der Waals surface area contributed by atoms with Crippen molar-refractivity contribution in [1.29, 1.82) is 0 Å². The zero-order chi connectivity index (χ0) is 13.9. The van der Waals surface area contributed by atoms with E-state index in [4.69, 9.17) is 0 Å². The Kier molecular flexibility index (Phi) is 4.56. The third-order valence-corrected chi connectivity index (χ3v) is 5.11. The highest BCUT2D eigenvalue weighted by molar-refractivity contribution is 7.99. The Labute approximate surface area is 119 Å². The molecule has 0 aromatic heterocycles. The third kappa shape index (κ3) is 3.33. The maximum atomic E-state index is 11.8. The highest BCUT2D eigenvalue weighted by Crippen LogP contribution is 2.39. The van der Waals surface area contributed by atoms with Crippen LogP contribution in [0.3, 0.4) is 0 Å². The van der Waals surface area contributed by atoms with Crippen LogP contribution in [0, 0.1) is 5.41 Å². The number of carboxylic acids is 1. The van der Waals surface area contributed by atoms with Crippen LogP contribution in [0.25, 0.3) is 0 Å². The van der Waals surface area contributed by atoms with Gasteiger partial charge in [0.05, 0.1) is 5.41 Å². The van der Waals surface area contributed by atoms with Crippen LogP contribution in [-0.2, 0) is 17.6 Å². The summed E-state index contributed by atoms with van der Waals surface area (Å²) in [6.45, 7) is 4.32. The quantitative estimate of drug-likeness (QED) is 0.890.